The van der Waals surface area contributed by atoms with E-state index >= 15 is 0 Å². The van der Waals surface area contributed by atoms with Gasteiger partial charge in [-0.3, -0.25) is 9.69 Å². The Labute approximate surface area is 170 Å². The molecule has 0 radical (unpaired) electrons. The maximum Gasteiger partial charge on any atom is 0.408 e. The average Bonchev–Trinajstić information content (AvgIpc) is 2.63. The van der Waals surface area contributed by atoms with E-state index in [-0.39, 0.29) is 0 Å². The molecule has 0 bridgehead atoms. The van der Waals surface area contributed by atoms with E-state index in [1.54, 1.807) is 53.0 Å². The molecule has 0 unspecified atom stereocenters. The van der Waals surface area contributed by atoms with Crippen LogP contribution in [0.25, 0.3) is 0 Å². The Morgan fingerprint density at radius 1 is 1.21 bits per heavy atom. The van der Waals surface area contributed by atoms with E-state index < -0.39 is 23.6 Å². The minimum atomic E-state index is -1.16. The molecule has 0 aliphatic carbocycles. The molecule has 156 valence electrons. The van der Waals surface area contributed by atoms with Gasteiger partial charge in [0, 0.05) is 17.7 Å². The van der Waals surface area contributed by atoms with Crippen molar-refractivity contribution < 1.29 is 24.2 Å². The first-order chi connectivity index (χ1) is 13.5. The third kappa shape index (κ3) is 5.60. The lowest BCUT2D eigenvalue weighted by Crippen LogP contribution is -2.54. The highest BCUT2D eigenvalue weighted by molar-refractivity contribution is 5.96. The first kappa shape index (κ1) is 22.0. The van der Waals surface area contributed by atoms with Crippen LogP contribution in [0.4, 0.5) is 10.5 Å². The van der Waals surface area contributed by atoms with Crippen LogP contribution in [-0.4, -0.2) is 45.7 Å². The number of methoxy groups -OCH3 is 1. The maximum absolute atomic E-state index is 12.5. The van der Waals surface area contributed by atoms with Gasteiger partial charge in [-0.05, 0) is 52.3 Å². The van der Waals surface area contributed by atoms with Crippen LogP contribution >= 0.6 is 0 Å². The van der Waals surface area contributed by atoms with E-state index in [9.17, 15) is 14.7 Å². The molecule has 0 aliphatic heterocycles. The number of benzene rings is 1. The van der Waals surface area contributed by atoms with Gasteiger partial charge in [0.1, 0.15) is 17.5 Å². The number of carbonyl (C=O) groups is 2. The summed E-state index contributed by atoms with van der Waals surface area (Å²) in [5, 5.41) is 12.1. The summed E-state index contributed by atoms with van der Waals surface area (Å²) in [6, 6.07) is 7.88. The van der Waals surface area contributed by atoms with Crippen LogP contribution in [0.5, 0.6) is 17.4 Å². The molecule has 0 saturated carbocycles. The van der Waals surface area contributed by atoms with Crippen LogP contribution in [0.3, 0.4) is 0 Å². The number of pyridine rings is 1. The van der Waals surface area contributed by atoms with Gasteiger partial charge in [-0.25, -0.2) is 9.78 Å². The Bertz CT molecular complexity index is 875. The number of nitrogens with zero attached hydrogens (tertiary/aromatic N) is 2. The predicted molar refractivity (Wildman–Crippen MR) is 110 cm³/mol. The van der Waals surface area contributed by atoms with Crippen molar-refractivity contribution in [2.75, 3.05) is 12.4 Å². The normalized spacial score (nSPS) is 12.1. The second-order valence-electron chi connectivity index (χ2n) is 7.61. The lowest BCUT2D eigenvalue weighted by Gasteiger charge is -2.37. The van der Waals surface area contributed by atoms with Crippen molar-refractivity contribution in [1.82, 2.24) is 9.88 Å². The predicted octanol–water partition coefficient (Wildman–Crippen LogP) is 4.30. The molecular formula is C21H27N3O5. The zero-order valence-corrected chi connectivity index (χ0v) is 17.5. The molecule has 1 heterocycles. The molecule has 0 aliphatic rings. The number of rotatable bonds is 6. The Balaban J connectivity index is 2.09. The summed E-state index contributed by atoms with van der Waals surface area (Å²) < 4.78 is 11.0. The fourth-order valence-electron chi connectivity index (χ4n) is 2.84. The summed E-state index contributed by atoms with van der Waals surface area (Å²) in [7, 11) is 1.58. The smallest absolute Gasteiger partial charge is 0.408 e. The first-order valence-electron chi connectivity index (χ1n) is 9.14. The van der Waals surface area contributed by atoms with Crippen molar-refractivity contribution >= 4 is 17.7 Å². The molecular weight excluding hydrogens is 374 g/mol. The van der Waals surface area contributed by atoms with E-state index in [0.717, 1.165) is 10.5 Å². The second-order valence-corrected chi connectivity index (χ2v) is 7.61. The molecule has 2 N–H and O–H groups in total. The number of anilines is 1. The number of hydrogen-bond donors (Lipinski definition) is 2. The van der Waals surface area contributed by atoms with E-state index in [0.29, 0.717) is 23.1 Å². The molecule has 2 rings (SSSR count). The van der Waals surface area contributed by atoms with Crippen LogP contribution < -0.4 is 14.8 Å². The number of aryl methyl sites for hydroxylation is 1. The molecule has 1 aromatic heterocycles. The minimum absolute atomic E-state index is 0.356. The zero-order chi connectivity index (χ0) is 21.8. The first-order valence-corrected chi connectivity index (χ1v) is 9.14. The Kier molecular flexibility index (Phi) is 6.68. The molecule has 1 aromatic carbocycles. The van der Waals surface area contributed by atoms with Crippen LogP contribution in [-0.2, 0) is 4.79 Å². The molecule has 1 atom stereocenters. The lowest BCUT2D eigenvalue weighted by atomic mass is 10.0. The SMILES string of the molecule is COc1ccc(C)c(Oc2ccc(NC(=O)[C@@H](C)N(C(=O)O)C(C)(C)C)cn2)c1. The van der Waals surface area contributed by atoms with Gasteiger partial charge >= 0.3 is 6.09 Å². The Hall–Kier alpha value is -3.29. The summed E-state index contributed by atoms with van der Waals surface area (Å²) >= 11 is 0. The number of aromatic nitrogens is 1. The van der Waals surface area contributed by atoms with Gasteiger partial charge in [0.05, 0.1) is 19.0 Å². The standard InChI is InChI=1S/C21H27N3O5/c1-13-7-9-16(28-6)11-17(13)29-18-10-8-15(12-22-18)23-19(25)14(2)24(20(26)27)21(3,4)5/h7-12,14H,1-6H3,(H,23,25)(H,26,27)/t14-/m1/s1. The molecule has 2 aromatic rings. The minimum Gasteiger partial charge on any atom is -0.497 e. The fraction of sp³-hybridized carbons (Fsp3) is 0.381. The van der Waals surface area contributed by atoms with E-state index in [4.69, 9.17) is 9.47 Å². The van der Waals surface area contributed by atoms with E-state index in [1.165, 1.54) is 6.20 Å². The van der Waals surface area contributed by atoms with E-state index in [1.807, 2.05) is 19.1 Å². The molecule has 0 saturated heterocycles. The van der Waals surface area contributed by atoms with Gasteiger partial charge in [0.15, 0.2) is 0 Å². The van der Waals surface area contributed by atoms with Crippen molar-refractivity contribution in [3.8, 4) is 17.4 Å². The third-order valence-corrected chi connectivity index (χ3v) is 4.31. The van der Waals surface area contributed by atoms with E-state index in [2.05, 4.69) is 10.3 Å². The Morgan fingerprint density at radius 2 is 1.90 bits per heavy atom. The number of amides is 2. The summed E-state index contributed by atoms with van der Waals surface area (Å²) in [4.78, 5) is 29.4. The summed E-state index contributed by atoms with van der Waals surface area (Å²) in [5.74, 6) is 1.20. The average molecular weight is 401 g/mol. The number of carbonyl (C=O) groups excluding carboxylic acids is 1. The highest BCUT2D eigenvalue weighted by Gasteiger charge is 2.34. The molecule has 29 heavy (non-hydrogen) atoms. The van der Waals surface area contributed by atoms with Crippen LogP contribution in [0, 0.1) is 6.92 Å². The molecule has 0 spiro atoms. The topological polar surface area (TPSA) is 101 Å². The summed E-state index contributed by atoms with van der Waals surface area (Å²) in [6.45, 7) is 8.66. The third-order valence-electron chi connectivity index (χ3n) is 4.31. The van der Waals surface area contributed by atoms with Gasteiger partial charge < -0.3 is 19.9 Å². The number of ether oxygens (including phenoxy) is 2. The van der Waals surface area contributed by atoms with Crippen molar-refractivity contribution in [3.63, 3.8) is 0 Å². The maximum atomic E-state index is 12.5. The monoisotopic (exact) mass is 401 g/mol. The lowest BCUT2D eigenvalue weighted by molar-refractivity contribution is -0.121. The highest BCUT2D eigenvalue weighted by atomic mass is 16.5. The quantitative estimate of drug-likeness (QED) is 0.749. The fourth-order valence-corrected chi connectivity index (χ4v) is 2.84. The van der Waals surface area contributed by atoms with Crippen molar-refractivity contribution in [3.05, 3.63) is 42.1 Å². The van der Waals surface area contributed by atoms with Gasteiger partial charge in [-0.1, -0.05) is 6.07 Å². The summed E-state index contributed by atoms with van der Waals surface area (Å²) in [5.41, 5.74) is 0.651. The van der Waals surface area contributed by atoms with Gasteiger partial charge in [0.2, 0.25) is 11.8 Å². The number of carboxylic acid groups (broad SMARTS) is 1. The molecule has 8 nitrogen and oxygen atoms in total. The van der Waals surface area contributed by atoms with Crippen LogP contribution in [0.2, 0.25) is 0 Å². The zero-order valence-electron chi connectivity index (χ0n) is 17.5. The highest BCUT2D eigenvalue weighted by Crippen LogP contribution is 2.28. The van der Waals surface area contributed by atoms with Crippen molar-refractivity contribution in [2.24, 2.45) is 0 Å². The number of nitrogens with one attached hydrogen (secondary N) is 1. The number of hydrogen-bond acceptors (Lipinski definition) is 5. The van der Waals surface area contributed by atoms with Gasteiger partial charge in [0.25, 0.3) is 0 Å². The van der Waals surface area contributed by atoms with Crippen molar-refractivity contribution in [2.45, 2.75) is 46.2 Å². The van der Waals surface area contributed by atoms with Crippen molar-refractivity contribution in [1.29, 1.82) is 0 Å². The molecule has 8 heteroatoms. The van der Waals surface area contributed by atoms with Gasteiger partial charge in [-0.15, -0.1) is 0 Å². The second kappa shape index (κ2) is 8.81. The van der Waals surface area contributed by atoms with Crippen LogP contribution in [0.1, 0.15) is 33.3 Å². The summed E-state index contributed by atoms with van der Waals surface area (Å²) in [6.07, 6.45) is 0.299. The molecule has 0 fully saturated rings. The Morgan fingerprint density at radius 3 is 2.41 bits per heavy atom. The van der Waals surface area contributed by atoms with Gasteiger partial charge in [-0.2, -0.15) is 0 Å². The molecule has 2 amide bonds. The largest absolute Gasteiger partial charge is 0.497 e. The van der Waals surface area contributed by atoms with Crippen LogP contribution in [0.15, 0.2) is 36.5 Å².